The number of urea groups is 1. The van der Waals surface area contributed by atoms with Gasteiger partial charge >= 0.3 is 12.0 Å². The van der Waals surface area contributed by atoms with Crippen molar-refractivity contribution in [3.05, 3.63) is 11.7 Å². The monoisotopic (exact) mass is 284 g/mol. The third-order valence-electron chi connectivity index (χ3n) is 2.97. The maximum absolute atomic E-state index is 11.6. The Hall–Kier alpha value is -2.12. The number of amides is 2. The molecule has 2 amide bonds. The summed E-state index contributed by atoms with van der Waals surface area (Å²) in [5.41, 5.74) is 0. The summed E-state index contributed by atoms with van der Waals surface area (Å²) < 4.78 is 4.80. The van der Waals surface area contributed by atoms with Crippen molar-refractivity contribution in [3.63, 3.8) is 0 Å². The van der Waals surface area contributed by atoms with Gasteiger partial charge in [0.25, 0.3) is 0 Å². The predicted octanol–water partition coefficient (Wildman–Crippen LogP) is 0.719. The maximum atomic E-state index is 11.6. The summed E-state index contributed by atoms with van der Waals surface area (Å²) in [6.07, 6.45) is 1.09. The van der Waals surface area contributed by atoms with Crippen molar-refractivity contribution in [2.75, 3.05) is 6.54 Å². The molecule has 1 aromatic rings. The van der Waals surface area contributed by atoms with Gasteiger partial charge < -0.3 is 20.3 Å². The molecule has 0 aliphatic heterocycles. The minimum absolute atomic E-state index is 0.141. The molecular formula is C12H20N4O4. The number of nitrogens with zero attached hydrogens (tertiary/aromatic N) is 2. The molecule has 2 atom stereocenters. The topological polar surface area (TPSA) is 117 Å². The maximum Gasteiger partial charge on any atom is 0.326 e. The number of hydrogen-bond donors (Lipinski definition) is 3. The summed E-state index contributed by atoms with van der Waals surface area (Å²) in [5.74, 6) is -0.215. The third kappa shape index (κ3) is 4.87. The molecule has 0 aliphatic rings. The minimum atomic E-state index is -1.04. The number of aromatic nitrogens is 2. The van der Waals surface area contributed by atoms with Crippen LogP contribution in [0.4, 0.5) is 4.79 Å². The number of aryl methyl sites for hydroxylation is 1. The van der Waals surface area contributed by atoms with Gasteiger partial charge in [-0.05, 0) is 5.92 Å². The Labute approximate surface area is 116 Å². The number of aliphatic carboxylic acids is 1. The largest absolute Gasteiger partial charge is 0.480 e. The lowest BCUT2D eigenvalue weighted by Crippen LogP contribution is -2.49. The number of carboxylic acid groups (broad SMARTS) is 1. The van der Waals surface area contributed by atoms with Gasteiger partial charge in [0.1, 0.15) is 6.04 Å². The molecule has 8 nitrogen and oxygen atoms in total. The first kappa shape index (κ1) is 15.9. The molecule has 0 bridgehead atoms. The molecule has 1 heterocycles. The highest BCUT2D eigenvalue weighted by atomic mass is 16.5. The van der Waals surface area contributed by atoms with Crippen LogP contribution in [-0.2, 0) is 11.2 Å². The van der Waals surface area contributed by atoms with Crippen LogP contribution in [0.3, 0.4) is 0 Å². The van der Waals surface area contributed by atoms with Gasteiger partial charge in [0.15, 0.2) is 5.82 Å². The standard InChI is InChI=1S/C12H20N4O4/c1-4-7(2)10(11(17)18)15-12(19)13-6-5-9-14-8(3)20-16-9/h7,10H,4-6H2,1-3H3,(H,17,18)(H2,13,15,19). The first-order valence-corrected chi connectivity index (χ1v) is 6.50. The normalized spacial score (nSPS) is 13.6. The van der Waals surface area contributed by atoms with Gasteiger partial charge in [0.2, 0.25) is 5.89 Å². The fourth-order valence-electron chi connectivity index (χ4n) is 1.61. The van der Waals surface area contributed by atoms with E-state index in [0.29, 0.717) is 31.1 Å². The Morgan fingerprint density at radius 2 is 2.15 bits per heavy atom. The van der Waals surface area contributed by atoms with Crippen LogP contribution in [-0.4, -0.2) is 39.8 Å². The molecule has 0 saturated heterocycles. The van der Waals surface area contributed by atoms with E-state index in [0.717, 1.165) is 0 Å². The predicted molar refractivity (Wildman–Crippen MR) is 70.2 cm³/mol. The van der Waals surface area contributed by atoms with Crippen molar-refractivity contribution in [2.24, 2.45) is 5.92 Å². The third-order valence-corrected chi connectivity index (χ3v) is 2.97. The van der Waals surface area contributed by atoms with Crippen molar-refractivity contribution in [1.29, 1.82) is 0 Å². The quantitative estimate of drug-likeness (QED) is 0.679. The zero-order valence-electron chi connectivity index (χ0n) is 11.8. The number of carbonyl (C=O) groups excluding carboxylic acids is 1. The molecule has 20 heavy (non-hydrogen) atoms. The van der Waals surface area contributed by atoms with E-state index in [1.54, 1.807) is 13.8 Å². The molecule has 0 aliphatic carbocycles. The lowest BCUT2D eigenvalue weighted by atomic mass is 9.99. The van der Waals surface area contributed by atoms with Crippen LogP contribution >= 0.6 is 0 Å². The molecule has 1 rings (SSSR count). The Bertz CT molecular complexity index is 460. The van der Waals surface area contributed by atoms with E-state index in [4.69, 9.17) is 9.63 Å². The number of carboxylic acids is 1. The van der Waals surface area contributed by atoms with Crippen LogP contribution in [0.1, 0.15) is 32.0 Å². The van der Waals surface area contributed by atoms with Crippen LogP contribution in [0.25, 0.3) is 0 Å². The summed E-state index contributed by atoms with van der Waals surface area (Å²) in [5, 5.41) is 17.8. The smallest absolute Gasteiger partial charge is 0.326 e. The molecule has 0 saturated carbocycles. The number of hydrogen-bond acceptors (Lipinski definition) is 5. The average Bonchev–Trinajstić information content (AvgIpc) is 2.80. The molecule has 112 valence electrons. The molecule has 0 radical (unpaired) electrons. The van der Waals surface area contributed by atoms with E-state index in [2.05, 4.69) is 20.8 Å². The van der Waals surface area contributed by atoms with E-state index in [1.165, 1.54) is 0 Å². The summed E-state index contributed by atoms with van der Waals surface area (Å²) in [6, 6.07) is -1.41. The number of carbonyl (C=O) groups is 2. The van der Waals surface area contributed by atoms with Gasteiger partial charge in [-0.1, -0.05) is 25.4 Å². The van der Waals surface area contributed by atoms with E-state index >= 15 is 0 Å². The van der Waals surface area contributed by atoms with Crippen LogP contribution in [0.5, 0.6) is 0 Å². The Morgan fingerprint density at radius 3 is 2.65 bits per heavy atom. The van der Waals surface area contributed by atoms with Gasteiger partial charge in [0, 0.05) is 19.9 Å². The lowest BCUT2D eigenvalue weighted by Gasteiger charge is -2.20. The summed E-state index contributed by atoms with van der Waals surface area (Å²) >= 11 is 0. The molecular weight excluding hydrogens is 264 g/mol. The SMILES string of the molecule is CCC(C)C(NC(=O)NCCc1noc(C)n1)C(=O)O. The van der Waals surface area contributed by atoms with Crippen LogP contribution in [0, 0.1) is 12.8 Å². The minimum Gasteiger partial charge on any atom is -0.480 e. The molecule has 1 aromatic heterocycles. The Balaban J connectivity index is 2.36. The van der Waals surface area contributed by atoms with Crippen molar-refractivity contribution < 1.29 is 19.2 Å². The Kier molecular flexibility index (Phi) is 5.95. The molecule has 0 fully saturated rings. The highest BCUT2D eigenvalue weighted by Gasteiger charge is 2.25. The average molecular weight is 284 g/mol. The van der Waals surface area contributed by atoms with Crippen LogP contribution < -0.4 is 10.6 Å². The van der Waals surface area contributed by atoms with E-state index in [1.807, 2.05) is 6.92 Å². The zero-order valence-corrected chi connectivity index (χ0v) is 11.8. The highest BCUT2D eigenvalue weighted by molar-refractivity contribution is 5.82. The van der Waals surface area contributed by atoms with Gasteiger partial charge in [0.05, 0.1) is 0 Å². The molecule has 3 N–H and O–H groups in total. The van der Waals surface area contributed by atoms with Crippen molar-refractivity contribution >= 4 is 12.0 Å². The van der Waals surface area contributed by atoms with Gasteiger partial charge in [-0.3, -0.25) is 0 Å². The fraction of sp³-hybridized carbons (Fsp3) is 0.667. The molecule has 2 unspecified atom stereocenters. The number of nitrogens with one attached hydrogen (secondary N) is 2. The summed E-state index contributed by atoms with van der Waals surface area (Å²) in [7, 11) is 0. The molecule has 8 heteroatoms. The van der Waals surface area contributed by atoms with Crippen LogP contribution in [0.15, 0.2) is 4.52 Å². The summed E-state index contributed by atoms with van der Waals surface area (Å²) in [6.45, 7) is 5.64. The fourth-order valence-corrected chi connectivity index (χ4v) is 1.61. The lowest BCUT2D eigenvalue weighted by molar-refractivity contribution is -0.140. The summed E-state index contributed by atoms with van der Waals surface area (Å²) in [4.78, 5) is 26.7. The molecule has 0 aromatic carbocycles. The van der Waals surface area contributed by atoms with Gasteiger partial charge in [-0.25, -0.2) is 9.59 Å². The van der Waals surface area contributed by atoms with Crippen molar-refractivity contribution in [3.8, 4) is 0 Å². The van der Waals surface area contributed by atoms with E-state index in [-0.39, 0.29) is 5.92 Å². The van der Waals surface area contributed by atoms with Gasteiger partial charge in [-0.2, -0.15) is 4.98 Å². The first-order valence-electron chi connectivity index (χ1n) is 6.50. The van der Waals surface area contributed by atoms with Crippen LogP contribution in [0.2, 0.25) is 0 Å². The second-order valence-electron chi connectivity index (χ2n) is 4.58. The zero-order chi connectivity index (χ0) is 15.1. The van der Waals surface area contributed by atoms with E-state index in [9.17, 15) is 9.59 Å². The first-order chi connectivity index (χ1) is 9.43. The number of rotatable bonds is 7. The molecule has 0 spiro atoms. The highest BCUT2D eigenvalue weighted by Crippen LogP contribution is 2.07. The van der Waals surface area contributed by atoms with Crippen molar-refractivity contribution in [2.45, 2.75) is 39.7 Å². The van der Waals surface area contributed by atoms with Crippen molar-refractivity contribution in [1.82, 2.24) is 20.8 Å². The Morgan fingerprint density at radius 1 is 1.45 bits per heavy atom. The van der Waals surface area contributed by atoms with E-state index < -0.39 is 18.0 Å². The second-order valence-corrected chi connectivity index (χ2v) is 4.58. The van der Waals surface area contributed by atoms with Gasteiger partial charge in [-0.15, -0.1) is 0 Å². The second kappa shape index (κ2) is 7.46.